The minimum atomic E-state index is -0.650. The van der Waals surface area contributed by atoms with Crippen molar-refractivity contribution in [2.24, 2.45) is 0 Å². The van der Waals surface area contributed by atoms with Crippen molar-refractivity contribution in [3.05, 3.63) is 58.1 Å². The van der Waals surface area contributed by atoms with E-state index in [2.05, 4.69) is 5.43 Å². The van der Waals surface area contributed by atoms with Crippen molar-refractivity contribution < 1.29 is 29.0 Å². The summed E-state index contributed by atoms with van der Waals surface area (Å²) in [7, 11) is 1.36. The fraction of sp³-hybridized carbons (Fsp3) is 0.150. The van der Waals surface area contributed by atoms with Crippen molar-refractivity contribution >= 4 is 41.1 Å². The third-order valence-corrected chi connectivity index (χ3v) is 4.34. The van der Waals surface area contributed by atoms with Crippen LogP contribution in [0.1, 0.15) is 22.8 Å². The van der Waals surface area contributed by atoms with Gasteiger partial charge in [0, 0.05) is 16.7 Å². The summed E-state index contributed by atoms with van der Waals surface area (Å²) >= 11 is 5.99. The van der Waals surface area contributed by atoms with Gasteiger partial charge in [-0.2, -0.15) is 0 Å². The van der Waals surface area contributed by atoms with E-state index in [0.717, 1.165) is 5.01 Å². The Hall–Kier alpha value is -3.52. The summed E-state index contributed by atoms with van der Waals surface area (Å²) in [6.45, 7) is 1.95. The van der Waals surface area contributed by atoms with Crippen LogP contribution >= 0.6 is 11.6 Å². The minimum Gasteiger partial charge on any atom is -0.504 e. The number of nitrogens with zero attached hydrogens (tertiary/aromatic N) is 1. The molecule has 0 unspecified atom stereocenters. The Morgan fingerprint density at radius 1 is 1.24 bits per heavy atom. The number of phenols is 1. The molecule has 2 aromatic rings. The molecule has 2 amide bonds. The third kappa shape index (κ3) is 4.02. The largest absolute Gasteiger partial charge is 0.504 e. The molecule has 1 fully saturated rings. The summed E-state index contributed by atoms with van der Waals surface area (Å²) in [4.78, 5) is 36.8. The van der Waals surface area contributed by atoms with Gasteiger partial charge in [-0.1, -0.05) is 11.6 Å². The Balaban J connectivity index is 1.90. The number of nitrogens with one attached hydrogen (secondary N) is 1. The van der Waals surface area contributed by atoms with E-state index < -0.39 is 17.8 Å². The van der Waals surface area contributed by atoms with E-state index >= 15 is 0 Å². The normalized spacial score (nSPS) is 14.9. The molecule has 0 aromatic heterocycles. The number of aromatic hydroxyl groups is 1. The molecule has 0 aliphatic carbocycles. The SMILES string of the molecule is CCOC(=O)c1ccc(N2NC(=O)/C(=C/c3cc(Cl)cc(OC)c3O)C2=O)cc1. The summed E-state index contributed by atoms with van der Waals surface area (Å²) in [5, 5.41) is 11.5. The molecule has 8 nitrogen and oxygen atoms in total. The monoisotopic (exact) mass is 416 g/mol. The van der Waals surface area contributed by atoms with Crippen LogP contribution in [-0.4, -0.2) is 36.6 Å². The Bertz CT molecular complexity index is 1020. The zero-order chi connectivity index (χ0) is 21.1. The standard InChI is InChI=1S/C20H17ClN2O6/c1-3-29-20(27)11-4-6-14(7-5-11)23-19(26)15(18(25)22-23)9-12-8-13(21)10-16(28-2)17(12)24/h4-10,24H,3H2,1-2H3,(H,22,25)/b15-9-. The second-order valence-electron chi connectivity index (χ2n) is 5.95. The second-order valence-corrected chi connectivity index (χ2v) is 6.39. The number of esters is 1. The third-order valence-electron chi connectivity index (χ3n) is 4.12. The van der Waals surface area contributed by atoms with Gasteiger partial charge in [-0.25, -0.2) is 9.80 Å². The quantitative estimate of drug-likeness (QED) is 0.441. The lowest BCUT2D eigenvalue weighted by atomic mass is 10.1. The van der Waals surface area contributed by atoms with Crippen molar-refractivity contribution in [2.75, 3.05) is 18.7 Å². The number of methoxy groups -OCH3 is 1. The van der Waals surface area contributed by atoms with E-state index in [1.54, 1.807) is 6.92 Å². The molecule has 3 rings (SSSR count). The highest BCUT2D eigenvalue weighted by molar-refractivity contribution is 6.32. The van der Waals surface area contributed by atoms with E-state index in [1.165, 1.54) is 49.6 Å². The molecular weight excluding hydrogens is 400 g/mol. The molecule has 0 atom stereocenters. The second kappa shape index (κ2) is 8.24. The number of hydrogen-bond donors (Lipinski definition) is 2. The number of hydrazine groups is 1. The van der Waals surface area contributed by atoms with Crippen LogP contribution in [0.4, 0.5) is 5.69 Å². The van der Waals surface area contributed by atoms with Crippen LogP contribution in [-0.2, 0) is 14.3 Å². The summed E-state index contributed by atoms with van der Waals surface area (Å²) in [5.41, 5.74) is 3.08. The van der Waals surface area contributed by atoms with E-state index in [4.69, 9.17) is 21.1 Å². The lowest BCUT2D eigenvalue weighted by molar-refractivity contribution is -0.117. The smallest absolute Gasteiger partial charge is 0.338 e. The number of anilines is 1. The molecule has 150 valence electrons. The Morgan fingerprint density at radius 2 is 1.93 bits per heavy atom. The van der Waals surface area contributed by atoms with Crippen LogP contribution in [0.5, 0.6) is 11.5 Å². The lowest BCUT2D eigenvalue weighted by Gasteiger charge is -2.14. The number of hydrogen-bond acceptors (Lipinski definition) is 6. The lowest BCUT2D eigenvalue weighted by Crippen LogP contribution is -2.35. The first kappa shape index (κ1) is 20.2. The van der Waals surface area contributed by atoms with Crippen LogP contribution in [0.15, 0.2) is 42.0 Å². The Kier molecular flexibility index (Phi) is 5.74. The van der Waals surface area contributed by atoms with Gasteiger partial charge < -0.3 is 14.6 Å². The van der Waals surface area contributed by atoms with Crippen LogP contribution < -0.4 is 15.2 Å². The average molecular weight is 417 g/mol. The van der Waals surface area contributed by atoms with Gasteiger partial charge >= 0.3 is 5.97 Å². The van der Waals surface area contributed by atoms with Crippen LogP contribution in [0.3, 0.4) is 0 Å². The van der Waals surface area contributed by atoms with E-state index in [1.807, 2.05) is 0 Å². The van der Waals surface area contributed by atoms with Crippen molar-refractivity contribution in [1.82, 2.24) is 5.43 Å². The van der Waals surface area contributed by atoms with E-state index in [9.17, 15) is 19.5 Å². The molecule has 2 N–H and O–H groups in total. The summed E-state index contributed by atoms with van der Waals surface area (Å²) in [5.74, 6) is -1.90. The number of carbonyl (C=O) groups is 3. The number of amides is 2. The van der Waals surface area contributed by atoms with Gasteiger partial charge in [-0.05, 0) is 43.3 Å². The van der Waals surface area contributed by atoms with E-state index in [0.29, 0.717) is 11.3 Å². The average Bonchev–Trinajstić information content (AvgIpc) is 2.99. The fourth-order valence-corrected chi connectivity index (χ4v) is 2.93. The number of phenolic OH excluding ortho intramolecular Hbond substituents is 1. The first-order valence-electron chi connectivity index (χ1n) is 8.56. The predicted molar refractivity (Wildman–Crippen MR) is 106 cm³/mol. The minimum absolute atomic E-state index is 0.113. The van der Waals surface area contributed by atoms with Crippen molar-refractivity contribution in [1.29, 1.82) is 0 Å². The number of halogens is 1. The van der Waals surface area contributed by atoms with Gasteiger partial charge in [0.1, 0.15) is 5.57 Å². The molecule has 0 bridgehead atoms. The van der Waals surface area contributed by atoms with Gasteiger partial charge in [-0.15, -0.1) is 0 Å². The van der Waals surface area contributed by atoms with Gasteiger partial charge in [0.25, 0.3) is 11.8 Å². The van der Waals surface area contributed by atoms with Crippen LogP contribution in [0.2, 0.25) is 5.02 Å². The molecule has 1 saturated heterocycles. The molecule has 1 aliphatic rings. The Labute approximate surface area is 171 Å². The van der Waals surface area contributed by atoms with Crippen LogP contribution in [0.25, 0.3) is 6.08 Å². The first-order chi connectivity index (χ1) is 13.8. The number of ether oxygens (including phenoxy) is 2. The van der Waals surface area contributed by atoms with Gasteiger partial charge in [0.15, 0.2) is 11.5 Å². The highest BCUT2D eigenvalue weighted by Gasteiger charge is 2.34. The van der Waals surface area contributed by atoms with Gasteiger partial charge in [0.2, 0.25) is 0 Å². The molecule has 0 radical (unpaired) electrons. The Morgan fingerprint density at radius 3 is 2.55 bits per heavy atom. The molecule has 1 aliphatic heterocycles. The van der Waals surface area contributed by atoms with Crippen molar-refractivity contribution in [3.8, 4) is 11.5 Å². The van der Waals surface area contributed by atoms with Gasteiger partial charge in [0.05, 0.1) is 25.0 Å². The predicted octanol–water partition coefficient (Wildman–Crippen LogP) is 2.69. The van der Waals surface area contributed by atoms with Crippen molar-refractivity contribution in [2.45, 2.75) is 6.92 Å². The maximum atomic E-state index is 12.7. The molecule has 2 aromatic carbocycles. The topological polar surface area (TPSA) is 105 Å². The first-order valence-corrected chi connectivity index (χ1v) is 8.94. The zero-order valence-corrected chi connectivity index (χ0v) is 16.3. The molecule has 29 heavy (non-hydrogen) atoms. The maximum Gasteiger partial charge on any atom is 0.338 e. The molecule has 9 heteroatoms. The number of benzene rings is 2. The summed E-state index contributed by atoms with van der Waals surface area (Å²) in [6, 6.07) is 8.81. The summed E-state index contributed by atoms with van der Waals surface area (Å²) in [6.07, 6.45) is 1.23. The summed E-state index contributed by atoms with van der Waals surface area (Å²) < 4.78 is 9.94. The number of carbonyl (C=O) groups excluding carboxylic acids is 3. The van der Waals surface area contributed by atoms with Crippen LogP contribution in [0, 0.1) is 0 Å². The maximum absolute atomic E-state index is 12.7. The molecular formula is C20H17ClN2O6. The zero-order valence-electron chi connectivity index (χ0n) is 15.6. The molecule has 1 heterocycles. The highest BCUT2D eigenvalue weighted by atomic mass is 35.5. The fourth-order valence-electron chi connectivity index (χ4n) is 2.72. The molecule has 0 saturated carbocycles. The van der Waals surface area contributed by atoms with Gasteiger partial charge in [-0.3, -0.25) is 15.0 Å². The molecule has 0 spiro atoms. The van der Waals surface area contributed by atoms with Crippen molar-refractivity contribution in [3.63, 3.8) is 0 Å². The van der Waals surface area contributed by atoms with E-state index in [-0.39, 0.29) is 34.3 Å². The number of rotatable bonds is 5. The highest BCUT2D eigenvalue weighted by Crippen LogP contribution is 2.35.